The van der Waals surface area contributed by atoms with Crippen LogP contribution in [0.15, 0.2) is 78.4 Å². The Kier molecular flexibility index (Phi) is 7.27. The number of carbonyl (C=O) groups excluding carboxylic acids is 2. The third-order valence-electron chi connectivity index (χ3n) is 3.90. The normalized spacial score (nSPS) is 9.78. The molecule has 136 valence electrons. The number of Topliss-reactive ketones (excluding diaryl/α,β-unsaturated/α-hetero) is 1. The molecule has 0 saturated heterocycles. The van der Waals surface area contributed by atoms with Crippen molar-refractivity contribution in [3.8, 4) is 6.07 Å². The lowest BCUT2D eigenvalue weighted by Gasteiger charge is -2.11. The molecular weight excluding hydrogens is 338 g/mol. The van der Waals surface area contributed by atoms with E-state index >= 15 is 0 Å². The standard InChI is InChI=1S/C23H21NO3/c1-17(2)23(26)27-15-9-14-21(25)20(16-24)22(18-10-5-3-6-11-18)19-12-7-4-8-13-19/h3-8,10-13H,1,9,14-15H2,2H3. The van der Waals surface area contributed by atoms with Crippen LogP contribution in [0.2, 0.25) is 0 Å². The molecule has 0 fully saturated rings. The maximum absolute atomic E-state index is 12.7. The van der Waals surface area contributed by atoms with Crippen molar-refractivity contribution in [2.45, 2.75) is 19.8 Å². The molecule has 0 aliphatic rings. The molecule has 0 saturated carbocycles. The molecule has 27 heavy (non-hydrogen) atoms. The zero-order chi connectivity index (χ0) is 19.6. The van der Waals surface area contributed by atoms with Gasteiger partial charge in [0.05, 0.1) is 6.61 Å². The molecular formula is C23H21NO3. The number of allylic oxidation sites excluding steroid dienone is 1. The van der Waals surface area contributed by atoms with Gasteiger partial charge in [0, 0.05) is 17.6 Å². The second-order valence-corrected chi connectivity index (χ2v) is 6.04. The molecule has 0 aliphatic carbocycles. The fourth-order valence-corrected chi connectivity index (χ4v) is 2.57. The number of ether oxygens (including phenoxy) is 1. The van der Waals surface area contributed by atoms with Crippen molar-refractivity contribution in [3.63, 3.8) is 0 Å². The highest BCUT2D eigenvalue weighted by Crippen LogP contribution is 2.27. The second-order valence-electron chi connectivity index (χ2n) is 6.04. The number of benzene rings is 2. The molecule has 4 heteroatoms. The third kappa shape index (κ3) is 5.52. The van der Waals surface area contributed by atoms with Crippen molar-refractivity contribution in [2.24, 2.45) is 0 Å². The van der Waals surface area contributed by atoms with Crippen LogP contribution in [-0.2, 0) is 14.3 Å². The van der Waals surface area contributed by atoms with E-state index in [0.717, 1.165) is 11.1 Å². The van der Waals surface area contributed by atoms with Crippen LogP contribution in [0, 0.1) is 11.3 Å². The Morgan fingerprint density at radius 2 is 1.52 bits per heavy atom. The van der Waals surface area contributed by atoms with Gasteiger partial charge in [0.15, 0.2) is 5.78 Å². The van der Waals surface area contributed by atoms with Crippen molar-refractivity contribution in [1.82, 2.24) is 0 Å². The minimum atomic E-state index is -0.479. The van der Waals surface area contributed by atoms with Crippen molar-refractivity contribution in [1.29, 1.82) is 5.26 Å². The number of nitriles is 1. The molecule has 0 aliphatic heterocycles. The summed E-state index contributed by atoms with van der Waals surface area (Å²) in [6, 6.07) is 20.8. The van der Waals surface area contributed by atoms with E-state index in [1.54, 1.807) is 6.92 Å². The lowest BCUT2D eigenvalue weighted by Crippen LogP contribution is -2.10. The first-order chi connectivity index (χ1) is 13.0. The summed E-state index contributed by atoms with van der Waals surface area (Å²) in [7, 11) is 0. The fraction of sp³-hybridized carbons (Fsp3) is 0.174. The number of hydrogen-bond donors (Lipinski definition) is 0. The van der Waals surface area contributed by atoms with Gasteiger partial charge in [0.2, 0.25) is 0 Å². The van der Waals surface area contributed by atoms with Crippen LogP contribution in [0.5, 0.6) is 0 Å². The Morgan fingerprint density at radius 3 is 1.96 bits per heavy atom. The highest BCUT2D eigenvalue weighted by molar-refractivity contribution is 6.09. The topological polar surface area (TPSA) is 67.2 Å². The average molecular weight is 359 g/mol. The van der Waals surface area contributed by atoms with Crippen molar-refractivity contribution < 1.29 is 14.3 Å². The van der Waals surface area contributed by atoms with Gasteiger partial charge < -0.3 is 4.74 Å². The third-order valence-corrected chi connectivity index (χ3v) is 3.90. The molecule has 0 amide bonds. The SMILES string of the molecule is C=C(C)C(=O)OCCCC(=O)C(C#N)=C(c1ccccc1)c1ccccc1. The lowest BCUT2D eigenvalue weighted by atomic mass is 9.90. The van der Waals surface area contributed by atoms with Crippen molar-refractivity contribution in [2.75, 3.05) is 6.61 Å². The minimum absolute atomic E-state index is 0.110. The minimum Gasteiger partial charge on any atom is -0.462 e. The van der Waals surface area contributed by atoms with Gasteiger partial charge >= 0.3 is 5.97 Å². The number of esters is 1. The van der Waals surface area contributed by atoms with E-state index in [9.17, 15) is 14.9 Å². The quantitative estimate of drug-likeness (QED) is 0.302. The Hall–Kier alpha value is -3.45. The van der Waals surface area contributed by atoms with Gasteiger partial charge in [-0.25, -0.2) is 4.79 Å². The molecule has 2 aromatic carbocycles. The van der Waals surface area contributed by atoms with Gasteiger partial charge in [-0.3, -0.25) is 4.79 Å². The molecule has 0 atom stereocenters. The number of hydrogen-bond acceptors (Lipinski definition) is 4. The van der Waals surface area contributed by atoms with E-state index in [0.29, 0.717) is 17.6 Å². The predicted octanol–water partition coefficient (Wildman–Crippen LogP) is 4.48. The van der Waals surface area contributed by atoms with Gasteiger partial charge in [-0.2, -0.15) is 5.26 Å². The second kappa shape index (κ2) is 9.88. The van der Waals surface area contributed by atoms with Crippen molar-refractivity contribution >= 4 is 17.3 Å². The van der Waals surface area contributed by atoms with E-state index in [1.165, 1.54) is 0 Å². The first-order valence-electron chi connectivity index (χ1n) is 8.65. The first kappa shape index (κ1) is 19.9. The summed E-state index contributed by atoms with van der Waals surface area (Å²) in [4.78, 5) is 24.1. The van der Waals surface area contributed by atoms with E-state index in [2.05, 4.69) is 12.6 Å². The average Bonchev–Trinajstić information content (AvgIpc) is 2.70. The highest BCUT2D eigenvalue weighted by atomic mass is 16.5. The largest absolute Gasteiger partial charge is 0.462 e. The number of ketones is 1. The van der Waals surface area contributed by atoms with E-state index in [-0.39, 0.29) is 24.4 Å². The maximum Gasteiger partial charge on any atom is 0.333 e. The summed E-state index contributed by atoms with van der Waals surface area (Å²) in [5, 5.41) is 9.68. The molecule has 0 N–H and O–H groups in total. The van der Waals surface area contributed by atoms with Gasteiger partial charge in [0.1, 0.15) is 11.6 Å². The molecule has 0 radical (unpaired) electrons. The highest BCUT2D eigenvalue weighted by Gasteiger charge is 2.18. The van der Waals surface area contributed by atoms with Crippen LogP contribution < -0.4 is 0 Å². The molecule has 0 spiro atoms. The summed E-state index contributed by atoms with van der Waals surface area (Å²) >= 11 is 0. The van der Waals surface area contributed by atoms with Crippen LogP contribution in [0.3, 0.4) is 0 Å². The molecule has 0 unspecified atom stereocenters. The van der Waals surface area contributed by atoms with Gasteiger partial charge in [-0.1, -0.05) is 67.2 Å². The van der Waals surface area contributed by atoms with Crippen molar-refractivity contribution in [3.05, 3.63) is 89.5 Å². The van der Waals surface area contributed by atoms with Crippen LogP contribution in [0.25, 0.3) is 5.57 Å². The molecule has 0 bridgehead atoms. The van der Waals surface area contributed by atoms with E-state index in [1.807, 2.05) is 60.7 Å². The van der Waals surface area contributed by atoms with E-state index in [4.69, 9.17) is 4.74 Å². The van der Waals surface area contributed by atoms with Crippen LogP contribution in [0.4, 0.5) is 0 Å². The smallest absolute Gasteiger partial charge is 0.333 e. The fourth-order valence-electron chi connectivity index (χ4n) is 2.57. The monoisotopic (exact) mass is 359 g/mol. The predicted molar refractivity (Wildman–Crippen MR) is 105 cm³/mol. The Labute approximate surface area is 159 Å². The lowest BCUT2D eigenvalue weighted by molar-refractivity contribution is -0.139. The Balaban J connectivity index is 2.26. The van der Waals surface area contributed by atoms with Gasteiger partial charge in [-0.15, -0.1) is 0 Å². The number of nitrogens with zero attached hydrogens (tertiary/aromatic N) is 1. The van der Waals surface area contributed by atoms with Gasteiger partial charge in [0.25, 0.3) is 0 Å². The number of rotatable bonds is 8. The van der Waals surface area contributed by atoms with Crippen LogP contribution in [0.1, 0.15) is 30.9 Å². The zero-order valence-electron chi connectivity index (χ0n) is 15.3. The summed E-state index contributed by atoms with van der Waals surface area (Å²) in [5.41, 5.74) is 2.65. The van der Waals surface area contributed by atoms with E-state index < -0.39 is 5.97 Å². The summed E-state index contributed by atoms with van der Waals surface area (Å²) in [5.74, 6) is -0.751. The Morgan fingerprint density at radius 1 is 1.00 bits per heavy atom. The van der Waals surface area contributed by atoms with Crippen LogP contribution in [-0.4, -0.2) is 18.4 Å². The zero-order valence-corrected chi connectivity index (χ0v) is 15.3. The molecule has 0 aromatic heterocycles. The molecule has 4 nitrogen and oxygen atoms in total. The van der Waals surface area contributed by atoms with Crippen LogP contribution >= 0.6 is 0 Å². The van der Waals surface area contributed by atoms with Gasteiger partial charge in [-0.05, 0) is 24.5 Å². The summed E-state index contributed by atoms with van der Waals surface area (Å²) in [6.07, 6.45) is 0.468. The first-order valence-corrected chi connectivity index (χ1v) is 8.65. The Bertz CT molecular complexity index is 849. The number of carbonyl (C=O) groups is 2. The summed E-state index contributed by atoms with van der Waals surface area (Å²) < 4.78 is 5.01. The summed E-state index contributed by atoms with van der Waals surface area (Å²) in [6.45, 7) is 5.19. The maximum atomic E-state index is 12.7. The molecule has 0 heterocycles. The molecule has 2 aromatic rings. The molecule has 2 rings (SSSR count).